The number of hydrogen-bond acceptors (Lipinski definition) is 6. The number of anilines is 1. The summed E-state index contributed by atoms with van der Waals surface area (Å²) in [5, 5.41) is 13.6. The van der Waals surface area contributed by atoms with Gasteiger partial charge in [-0.15, -0.1) is 0 Å². The molecule has 4 aromatic rings. The average molecular weight is 562 g/mol. The third-order valence-corrected chi connectivity index (χ3v) is 8.79. The first-order chi connectivity index (χ1) is 19.1. The van der Waals surface area contributed by atoms with E-state index in [0.29, 0.717) is 40.0 Å². The van der Waals surface area contributed by atoms with Crippen LogP contribution in [-0.4, -0.2) is 56.3 Å². The zero-order chi connectivity index (χ0) is 28.4. The number of nitrogens with one attached hydrogen (secondary N) is 2. The van der Waals surface area contributed by atoms with Gasteiger partial charge in [-0.3, -0.25) is 9.59 Å². The van der Waals surface area contributed by atoms with E-state index in [1.54, 1.807) is 44.5 Å². The van der Waals surface area contributed by atoms with Gasteiger partial charge < -0.3 is 25.0 Å². The molecule has 2 heterocycles. The van der Waals surface area contributed by atoms with Gasteiger partial charge in [0, 0.05) is 35.8 Å². The highest BCUT2D eigenvalue weighted by atomic mass is 32.2. The van der Waals surface area contributed by atoms with E-state index < -0.39 is 21.8 Å². The van der Waals surface area contributed by atoms with Crippen molar-refractivity contribution in [1.29, 1.82) is 0 Å². The maximum atomic E-state index is 13.7. The highest BCUT2D eigenvalue weighted by molar-refractivity contribution is 7.90. The van der Waals surface area contributed by atoms with E-state index in [1.165, 1.54) is 17.0 Å². The Morgan fingerprint density at radius 2 is 1.80 bits per heavy atom. The Balaban J connectivity index is 1.53. The van der Waals surface area contributed by atoms with Crippen LogP contribution in [0, 0.1) is 0 Å². The molecule has 3 aromatic carbocycles. The number of nitrogens with zero attached hydrogens (tertiary/aromatic N) is 1. The van der Waals surface area contributed by atoms with E-state index in [0.717, 1.165) is 11.1 Å². The normalized spacial score (nSPS) is 17.4. The lowest BCUT2D eigenvalue weighted by Crippen LogP contribution is -2.49. The van der Waals surface area contributed by atoms with Gasteiger partial charge in [0.2, 0.25) is 11.8 Å². The Kier molecular flexibility index (Phi) is 7.53. The minimum atomic E-state index is -3.52. The Morgan fingerprint density at radius 1 is 1.05 bits per heavy atom. The predicted molar refractivity (Wildman–Crippen MR) is 153 cm³/mol. The van der Waals surface area contributed by atoms with E-state index >= 15 is 0 Å². The van der Waals surface area contributed by atoms with Crippen molar-refractivity contribution in [2.24, 2.45) is 0 Å². The summed E-state index contributed by atoms with van der Waals surface area (Å²) in [5.41, 5.74) is 3.80. The van der Waals surface area contributed by atoms with Crippen LogP contribution in [0.5, 0.6) is 11.5 Å². The molecule has 0 radical (unpaired) electrons. The molecule has 0 saturated carbocycles. The Labute approximate surface area is 232 Å². The number of amides is 2. The summed E-state index contributed by atoms with van der Waals surface area (Å²) in [4.78, 5) is 31.8. The number of aromatic nitrogens is 1. The maximum absolute atomic E-state index is 13.7. The lowest BCUT2D eigenvalue weighted by Gasteiger charge is -2.25. The van der Waals surface area contributed by atoms with Crippen molar-refractivity contribution in [3.8, 4) is 11.5 Å². The first-order valence-electron chi connectivity index (χ1n) is 12.9. The van der Waals surface area contributed by atoms with Gasteiger partial charge >= 0.3 is 0 Å². The van der Waals surface area contributed by atoms with Gasteiger partial charge in [-0.2, -0.15) is 0 Å². The van der Waals surface area contributed by atoms with Crippen molar-refractivity contribution < 1.29 is 27.9 Å². The number of carbonyl (C=O) groups excluding carboxylic acids is 2. The van der Waals surface area contributed by atoms with Crippen LogP contribution in [0.2, 0.25) is 0 Å². The number of likely N-dealkylation sites (N-methyl/N-ethyl adjacent to an activating group) is 1. The highest BCUT2D eigenvalue weighted by Crippen LogP contribution is 2.29. The minimum Gasteiger partial charge on any atom is -0.508 e. The smallest absolute Gasteiger partial charge is 0.249 e. The molecule has 0 aliphatic carbocycles. The van der Waals surface area contributed by atoms with Crippen LogP contribution < -0.4 is 15.0 Å². The summed E-state index contributed by atoms with van der Waals surface area (Å²) in [6, 6.07) is 18.3. The van der Waals surface area contributed by atoms with Crippen LogP contribution in [0.15, 0.2) is 66.7 Å². The molecular weight excluding hydrogens is 530 g/mol. The third kappa shape index (κ3) is 5.96. The Bertz CT molecular complexity index is 1680. The van der Waals surface area contributed by atoms with Crippen molar-refractivity contribution in [2.45, 2.75) is 31.1 Å². The molecule has 1 aliphatic rings. The van der Waals surface area contributed by atoms with E-state index in [1.807, 2.05) is 24.3 Å². The van der Waals surface area contributed by atoms with Gasteiger partial charge in [0.05, 0.1) is 25.0 Å². The minimum absolute atomic E-state index is 0.00428. The summed E-state index contributed by atoms with van der Waals surface area (Å²) >= 11 is 0. The SMILES string of the molecule is COc1ccc(N(C)C(=O)C2Cc3cccc(c3)CCS(=O)(=O)Cc3[nH]c4ccc(O)cc4c3CC(=O)N2)cc1. The summed E-state index contributed by atoms with van der Waals surface area (Å²) < 4.78 is 31.4. The number of hydrogen-bond donors (Lipinski definition) is 3. The number of carbonyl (C=O) groups is 2. The van der Waals surface area contributed by atoms with Crippen LogP contribution >= 0.6 is 0 Å². The highest BCUT2D eigenvalue weighted by Gasteiger charge is 2.28. The van der Waals surface area contributed by atoms with Gasteiger partial charge in [-0.1, -0.05) is 24.3 Å². The molecule has 208 valence electrons. The van der Waals surface area contributed by atoms with Crippen molar-refractivity contribution in [2.75, 3.05) is 24.8 Å². The standard InChI is InChI=1S/C30H31N3O6S/c1-33(21-6-9-23(39-2)10-7-21)30(36)27-15-20-5-3-4-19(14-20)12-13-40(37,38)18-28-25(17-29(35)32-27)24-16-22(34)8-11-26(24)31-28/h3-11,14,16,27,31,34H,12-13,15,17-18H2,1-2H3,(H,32,35). The molecule has 2 bridgehead atoms. The number of phenolic OH excluding ortho intramolecular Hbond substituents is 1. The lowest BCUT2D eigenvalue weighted by atomic mass is 10.0. The zero-order valence-electron chi connectivity index (χ0n) is 22.3. The fraction of sp³-hybridized carbons (Fsp3) is 0.267. The fourth-order valence-corrected chi connectivity index (χ4v) is 6.48. The van der Waals surface area contributed by atoms with E-state index in [4.69, 9.17) is 4.74 Å². The molecule has 1 unspecified atom stereocenters. The van der Waals surface area contributed by atoms with Crippen LogP contribution in [0.1, 0.15) is 22.4 Å². The Hall–Kier alpha value is -4.31. The second-order valence-corrected chi connectivity index (χ2v) is 12.3. The van der Waals surface area contributed by atoms with Crippen LogP contribution in [-0.2, 0) is 44.4 Å². The first-order valence-corrected chi connectivity index (χ1v) is 14.8. The molecule has 0 saturated heterocycles. The number of rotatable bonds is 3. The molecule has 1 aliphatic heterocycles. The predicted octanol–water partition coefficient (Wildman–Crippen LogP) is 3.29. The second kappa shape index (κ2) is 11.1. The molecular formula is C30H31N3O6S. The molecule has 1 atom stereocenters. The monoisotopic (exact) mass is 561 g/mol. The number of aromatic hydroxyl groups is 1. The molecule has 0 spiro atoms. The number of phenols is 1. The molecule has 5 rings (SSSR count). The number of sulfone groups is 1. The molecule has 1 aromatic heterocycles. The van der Waals surface area contributed by atoms with Crippen LogP contribution in [0.25, 0.3) is 10.9 Å². The van der Waals surface area contributed by atoms with Gasteiger partial charge in [0.1, 0.15) is 17.5 Å². The Morgan fingerprint density at radius 3 is 2.55 bits per heavy atom. The number of H-pyrrole nitrogens is 1. The quantitative estimate of drug-likeness (QED) is 0.352. The van der Waals surface area contributed by atoms with Crippen LogP contribution in [0.4, 0.5) is 5.69 Å². The second-order valence-electron chi connectivity index (χ2n) is 10.1. The lowest BCUT2D eigenvalue weighted by molar-refractivity contribution is -0.127. The summed E-state index contributed by atoms with van der Waals surface area (Å²) in [6.45, 7) is 0. The van der Waals surface area contributed by atoms with Crippen molar-refractivity contribution >= 4 is 38.2 Å². The number of methoxy groups -OCH3 is 1. The number of aryl methyl sites for hydroxylation is 1. The van der Waals surface area contributed by atoms with E-state index in [2.05, 4.69) is 10.3 Å². The number of benzene rings is 3. The number of aromatic amines is 1. The van der Waals surface area contributed by atoms with Gasteiger partial charge in [0.15, 0.2) is 9.84 Å². The molecule has 0 fully saturated rings. The van der Waals surface area contributed by atoms with Gasteiger partial charge in [-0.25, -0.2) is 8.42 Å². The molecule has 3 N–H and O–H groups in total. The van der Waals surface area contributed by atoms with Crippen LogP contribution in [0.3, 0.4) is 0 Å². The van der Waals surface area contributed by atoms with Crippen molar-refractivity contribution in [3.05, 3.63) is 89.1 Å². The topological polar surface area (TPSA) is 129 Å². The summed E-state index contributed by atoms with van der Waals surface area (Å²) in [7, 11) is -0.293. The molecule has 40 heavy (non-hydrogen) atoms. The van der Waals surface area contributed by atoms with E-state index in [-0.39, 0.29) is 36.0 Å². The third-order valence-electron chi connectivity index (χ3n) is 7.24. The fourth-order valence-electron chi connectivity index (χ4n) is 5.10. The molecule has 10 heteroatoms. The number of fused-ring (bicyclic) bond motifs is 5. The molecule has 2 amide bonds. The van der Waals surface area contributed by atoms with E-state index in [9.17, 15) is 23.1 Å². The summed E-state index contributed by atoms with van der Waals surface area (Å²) in [5.74, 6) is -0.397. The van der Waals surface area contributed by atoms with Gasteiger partial charge in [0.25, 0.3) is 0 Å². The first kappa shape index (κ1) is 27.3. The average Bonchev–Trinajstić information content (AvgIpc) is 3.25. The summed E-state index contributed by atoms with van der Waals surface area (Å²) in [6.07, 6.45) is 0.390. The molecule has 9 nitrogen and oxygen atoms in total. The van der Waals surface area contributed by atoms with Crippen molar-refractivity contribution in [1.82, 2.24) is 10.3 Å². The van der Waals surface area contributed by atoms with Crippen molar-refractivity contribution in [3.63, 3.8) is 0 Å². The largest absolute Gasteiger partial charge is 0.508 e. The van der Waals surface area contributed by atoms with Gasteiger partial charge in [-0.05, 0) is 65.6 Å². The zero-order valence-corrected chi connectivity index (χ0v) is 23.1. The number of ether oxygens (including phenoxy) is 1. The maximum Gasteiger partial charge on any atom is 0.249 e.